The summed E-state index contributed by atoms with van der Waals surface area (Å²) >= 11 is 0. The third-order valence-corrected chi connectivity index (χ3v) is 5.11. The molecule has 6 heteroatoms. The van der Waals surface area contributed by atoms with Crippen LogP contribution in [0.25, 0.3) is 0 Å². The van der Waals surface area contributed by atoms with Gasteiger partial charge in [-0.05, 0) is 43.9 Å². The summed E-state index contributed by atoms with van der Waals surface area (Å²) < 4.78 is 5.35. The van der Waals surface area contributed by atoms with Crippen LogP contribution in [0.15, 0.2) is 53.5 Å². The van der Waals surface area contributed by atoms with Crippen molar-refractivity contribution >= 4 is 35.6 Å². The minimum atomic E-state index is 0. The number of hydrogen-bond acceptors (Lipinski definition) is 3. The molecule has 2 aromatic rings. The topological polar surface area (TPSA) is 48.9 Å². The molecule has 5 nitrogen and oxygen atoms in total. The molecule has 3 rings (SSSR count). The summed E-state index contributed by atoms with van der Waals surface area (Å²) in [6.45, 7) is 8.83. The van der Waals surface area contributed by atoms with E-state index in [0.29, 0.717) is 12.5 Å². The lowest BCUT2D eigenvalue weighted by molar-refractivity contribution is 0.415. The number of hydrogen-bond donors (Lipinski definition) is 2. The van der Waals surface area contributed by atoms with Gasteiger partial charge in [-0.15, -0.1) is 24.0 Å². The van der Waals surface area contributed by atoms with Crippen LogP contribution >= 0.6 is 24.0 Å². The Morgan fingerprint density at radius 3 is 2.76 bits per heavy atom. The Hall–Kier alpha value is -1.96. The van der Waals surface area contributed by atoms with Gasteiger partial charge < -0.3 is 20.3 Å². The van der Waals surface area contributed by atoms with Crippen molar-refractivity contribution < 1.29 is 4.74 Å². The summed E-state index contributed by atoms with van der Waals surface area (Å²) in [5, 5.41) is 6.89. The first-order valence-electron chi connectivity index (χ1n) is 10.1. The summed E-state index contributed by atoms with van der Waals surface area (Å²) in [6.07, 6.45) is 1.18. The van der Waals surface area contributed by atoms with Crippen molar-refractivity contribution in [2.24, 2.45) is 10.9 Å². The van der Waals surface area contributed by atoms with Crippen LogP contribution in [0.1, 0.15) is 24.5 Å². The van der Waals surface area contributed by atoms with E-state index in [-0.39, 0.29) is 24.0 Å². The summed E-state index contributed by atoms with van der Waals surface area (Å²) in [5.41, 5.74) is 3.75. The van der Waals surface area contributed by atoms with Crippen molar-refractivity contribution in [2.75, 3.05) is 38.2 Å². The maximum Gasteiger partial charge on any atom is 0.191 e. The minimum absolute atomic E-state index is 0. The number of methoxy groups -OCH3 is 1. The highest BCUT2D eigenvalue weighted by molar-refractivity contribution is 14.0. The van der Waals surface area contributed by atoms with Gasteiger partial charge in [0.2, 0.25) is 0 Å². The molecular formula is C23H33IN4O. The average molecular weight is 508 g/mol. The molecule has 1 fully saturated rings. The first-order valence-corrected chi connectivity index (χ1v) is 10.1. The van der Waals surface area contributed by atoms with Crippen molar-refractivity contribution in [1.29, 1.82) is 0 Å². The van der Waals surface area contributed by atoms with E-state index in [4.69, 9.17) is 9.73 Å². The number of anilines is 1. The van der Waals surface area contributed by atoms with E-state index in [9.17, 15) is 0 Å². The predicted octanol–water partition coefficient (Wildman–Crippen LogP) is 4.20. The third kappa shape index (κ3) is 7.10. The quantitative estimate of drug-likeness (QED) is 0.335. The zero-order valence-electron chi connectivity index (χ0n) is 17.6. The van der Waals surface area contributed by atoms with Gasteiger partial charge >= 0.3 is 0 Å². The standard InChI is InChI=1S/C23H32N4O.HI/c1-4-24-23(25-15-19-8-5-7-18(2)13-19)26-16-20-11-12-27(17-20)21-9-6-10-22(14-21)28-3;/h5-10,13-14,20H,4,11-12,15-17H2,1-3H3,(H2,24,25,26);1H. The molecule has 0 aromatic heterocycles. The van der Waals surface area contributed by atoms with E-state index in [0.717, 1.165) is 37.9 Å². The summed E-state index contributed by atoms with van der Waals surface area (Å²) in [5.74, 6) is 2.41. The molecule has 1 atom stereocenters. The Bertz CT molecular complexity index is 796. The molecule has 1 unspecified atom stereocenters. The molecule has 1 saturated heterocycles. The number of ether oxygens (including phenoxy) is 1. The molecule has 1 aliphatic rings. The molecule has 0 aliphatic carbocycles. The van der Waals surface area contributed by atoms with Gasteiger partial charge in [0.1, 0.15) is 5.75 Å². The summed E-state index contributed by atoms with van der Waals surface area (Å²) in [6, 6.07) is 16.8. The molecule has 0 spiro atoms. The summed E-state index contributed by atoms with van der Waals surface area (Å²) in [4.78, 5) is 7.19. The normalized spacial score (nSPS) is 16.3. The smallest absolute Gasteiger partial charge is 0.191 e. The summed E-state index contributed by atoms with van der Waals surface area (Å²) in [7, 11) is 1.72. The molecule has 158 valence electrons. The van der Waals surface area contributed by atoms with E-state index >= 15 is 0 Å². The highest BCUT2D eigenvalue weighted by Gasteiger charge is 2.23. The van der Waals surface area contributed by atoms with Gasteiger partial charge in [0.05, 0.1) is 13.7 Å². The number of nitrogens with zero attached hydrogens (tertiary/aromatic N) is 2. The Labute approximate surface area is 192 Å². The van der Waals surface area contributed by atoms with E-state index in [1.165, 1.54) is 23.2 Å². The minimum Gasteiger partial charge on any atom is -0.497 e. The van der Waals surface area contributed by atoms with Gasteiger partial charge in [0.25, 0.3) is 0 Å². The predicted molar refractivity (Wildman–Crippen MR) is 133 cm³/mol. The SMILES string of the molecule is CCNC(=NCc1cccc(C)c1)NCC1CCN(c2cccc(OC)c2)C1.I. The Balaban J connectivity index is 0.00000300. The van der Waals surface area contributed by atoms with E-state index in [1.807, 2.05) is 6.07 Å². The molecule has 0 radical (unpaired) electrons. The van der Waals surface area contributed by atoms with Crippen molar-refractivity contribution in [2.45, 2.75) is 26.8 Å². The third-order valence-electron chi connectivity index (χ3n) is 5.11. The highest BCUT2D eigenvalue weighted by atomic mass is 127. The fourth-order valence-electron chi connectivity index (χ4n) is 3.60. The zero-order chi connectivity index (χ0) is 19.8. The fraction of sp³-hybridized carbons (Fsp3) is 0.435. The lowest BCUT2D eigenvalue weighted by Gasteiger charge is -2.20. The van der Waals surface area contributed by atoms with Crippen LogP contribution in [-0.2, 0) is 6.54 Å². The molecule has 2 aromatic carbocycles. The van der Waals surface area contributed by atoms with Gasteiger partial charge in [-0.2, -0.15) is 0 Å². The first kappa shape index (κ1) is 23.3. The monoisotopic (exact) mass is 508 g/mol. The number of halogens is 1. The van der Waals surface area contributed by atoms with Crippen LogP contribution in [0.4, 0.5) is 5.69 Å². The van der Waals surface area contributed by atoms with Crippen LogP contribution in [0.3, 0.4) is 0 Å². The van der Waals surface area contributed by atoms with Crippen molar-refractivity contribution in [1.82, 2.24) is 10.6 Å². The maximum absolute atomic E-state index is 5.35. The van der Waals surface area contributed by atoms with Crippen LogP contribution in [0.2, 0.25) is 0 Å². The lowest BCUT2D eigenvalue weighted by Crippen LogP contribution is -2.40. The maximum atomic E-state index is 5.35. The molecule has 0 amide bonds. The molecular weight excluding hydrogens is 475 g/mol. The van der Waals surface area contributed by atoms with Crippen molar-refractivity contribution in [3.63, 3.8) is 0 Å². The van der Waals surface area contributed by atoms with Gasteiger partial charge in [-0.25, -0.2) is 4.99 Å². The largest absolute Gasteiger partial charge is 0.497 e. The zero-order valence-corrected chi connectivity index (χ0v) is 20.0. The van der Waals surface area contributed by atoms with Gasteiger partial charge in [0, 0.05) is 37.9 Å². The van der Waals surface area contributed by atoms with Crippen LogP contribution in [-0.4, -0.2) is 39.2 Å². The van der Waals surface area contributed by atoms with Crippen LogP contribution in [0.5, 0.6) is 5.75 Å². The fourth-order valence-corrected chi connectivity index (χ4v) is 3.60. The van der Waals surface area contributed by atoms with Gasteiger partial charge in [0.15, 0.2) is 5.96 Å². The van der Waals surface area contributed by atoms with Gasteiger partial charge in [-0.1, -0.05) is 35.9 Å². The second-order valence-electron chi connectivity index (χ2n) is 7.37. The van der Waals surface area contributed by atoms with Crippen LogP contribution < -0.4 is 20.3 Å². The molecule has 1 heterocycles. The van der Waals surface area contributed by atoms with E-state index in [2.05, 4.69) is 71.8 Å². The Kier molecular flexibility index (Phi) is 9.57. The number of benzene rings is 2. The molecule has 0 bridgehead atoms. The first-order chi connectivity index (χ1) is 13.7. The number of nitrogens with one attached hydrogen (secondary N) is 2. The number of aryl methyl sites for hydroxylation is 1. The van der Waals surface area contributed by atoms with E-state index in [1.54, 1.807) is 7.11 Å². The number of rotatable bonds is 7. The Morgan fingerprint density at radius 2 is 2.00 bits per heavy atom. The second-order valence-corrected chi connectivity index (χ2v) is 7.37. The number of aliphatic imine (C=N–C) groups is 1. The van der Waals surface area contributed by atoms with E-state index < -0.39 is 0 Å². The molecule has 1 aliphatic heterocycles. The molecule has 29 heavy (non-hydrogen) atoms. The van der Waals surface area contributed by atoms with Gasteiger partial charge in [-0.3, -0.25) is 0 Å². The molecule has 2 N–H and O–H groups in total. The van der Waals surface area contributed by atoms with Crippen molar-refractivity contribution in [3.8, 4) is 5.75 Å². The highest BCUT2D eigenvalue weighted by Crippen LogP contribution is 2.26. The Morgan fingerprint density at radius 1 is 1.17 bits per heavy atom. The molecule has 0 saturated carbocycles. The lowest BCUT2D eigenvalue weighted by atomic mass is 10.1. The second kappa shape index (κ2) is 11.9. The van der Waals surface area contributed by atoms with Crippen LogP contribution in [0, 0.1) is 12.8 Å². The number of guanidine groups is 1. The average Bonchev–Trinajstić information content (AvgIpc) is 3.19. The van der Waals surface area contributed by atoms with Crippen molar-refractivity contribution in [3.05, 3.63) is 59.7 Å².